The van der Waals surface area contributed by atoms with Crippen LogP contribution in [0.2, 0.25) is 0 Å². The third-order valence-electron chi connectivity index (χ3n) is 4.63. The second kappa shape index (κ2) is 10.3. The molecule has 1 fully saturated rings. The number of piperidine rings is 1. The maximum Gasteiger partial charge on any atom is 0.214 e. The molecule has 1 heterocycles. The summed E-state index contributed by atoms with van der Waals surface area (Å²) in [4.78, 5) is 0. The Kier molecular flexibility index (Phi) is 8.36. The number of ether oxygens (including phenoxy) is 1. The van der Waals surface area contributed by atoms with E-state index >= 15 is 0 Å². The minimum absolute atomic E-state index is 0.00474. The first-order chi connectivity index (χ1) is 12.0. The van der Waals surface area contributed by atoms with Gasteiger partial charge < -0.3 is 10.1 Å². The van der Waals surface area contributed by atoms with E-state index in [4.69, 9.17) is 4.74 Å². The Morgan fingerprint density at radius 3 is 2.52 bits per heavy atom. The number of benzene rings is 1. The summed E-state index contributed by atoms with van der Waals surface area (Å²) < 4.78 is 32.8. The predicted molar refractivity (Wildman–Crippen MR) is 102 cm³/mol. The lowest BCUT2D eigenvalue weighted by atomic mass is 9.98. The van der Waals surface area contributed by atoms with E-state index in [0.717, 1.165) is 31.5 Å². The molecular formula is C19H32N2O3S. The molecule has 1 aromatic carbocycles. The van der Waals surface area contributed by atoms with Crippen LogP contribution in [0.1, 0.15) is 38.7 Å². The van der Waals surface area contributed by atoms with Gasteiger partial charge in [0.25, 0.3) is 0 Å². The standard InChI is InChI=1S/C19H32N2O3S/c1-17(2)21(15-18-9-11-20-12-10-18)25(22,23)14-6-13-24-16-19-7-4-3-5-8-19/h3-5,7-8,17-18,20H,6,9-16H2,1-2H3. The van der Waals surface area contributed by atoms with Gasteiger partial charge in [-0.25, -0.2) is 8.42 Å². The normalized spacial score (nSPS) is 16.6. The van der Waals surface area contributed by atoms with Crippen LogP contribution in [0.4, 0.5) is 0 Å². The highest BCUT2D eigenvalue weighted by atomic mass is 32.2. The highest BCUT2D eigenvalue weighted by molar-refractivity contribution is 7.89. The van der Waals surface area contributed by atoms with E-state index in [1.807, 2.05) is 44.2 Å². The summed E-state index contributed by atoms with van der Waals surface area (Å²) in [7, 11) is -3.23. The first kappa shape index (κ1) is 20.4. The fraction of sp³-hybridized carbons (Fsp3) is 0.684. The molecule has 2 rings (SSSR count). The highest BCUT2D eigenvalue weighted by Gasteiger charge is 2.28. The highest BCUT2D eigenvalue weighted by Crippen LogP contribution is 2.18. The quantitative estimate of drug-likeness (QED) is 0.645. The zero-order chi connectivity index (χ0) is 18.1. The Balaban J connectivity index is 1.76. The summed E-state index contributed by atoms with van der Waals surface area (Å²) in [5.41, 5.74) is 1.11. The summed E-state index contributed by atoms with van der Waals surface area (Å²) >= 11 is 0. The van der Waals surface area contributed by atoms with E-state index in [-0.39, 0.29) is 11.8 Å². The van der Waals surface area contributed by atoms with Crippen LogP contribution in [0, 0.1) is 5.92 Å². The Morgan fingerprint density at radius 2 is 1.88 bits per heavy atom. The van der Waals surface area contributed by atoms with Crippen LogP contribution in [0.5, 0.6) is 0 Å². The molecule has 0 saturated carbocycles. The van der Waals surface area contributed by atoms with Gasteiger partial charge in [0.15, 0.2) is 0 Å². The van der Waals surface area contributed by atoms with Gasteiger partial charge in [0.2, 0.25) is 10.0 Å². The smallest absolute Gasteiger partial charge is 0.214 e. The summed E-state index contributed by atoms with van der Waals surface area (Å²) in [5, 5.41) is 3.33. The van der Waals surface area contributed by atoms with Crippen LogP contribution in [-0.4, -0.2) is 50.8 Å². The van der Waals surface area contributed by atoms with Crippen molar-refractivity contribution in [2.45, 2.75) is 45.8 Å². The van der Waals surface area contributed by atoms with Crippen LogP contribution in [0.15, 0.2) is 30.3 Å². The first-order valence-electron chi connectivity index (χ1n) is 9.31. The largest absolute Gasteiger partial charge is 0.377 e. The number of hydrogen-bond donors (Lipinski definition) is 1. The van der Waals surface area contributed by atoms with E-state index in [9.17, 15) is 8.42 Å². The maximum atomic E-state index is 12.7. The average Bonchev–Trinajstić information content (AvgIpc) is 2.61. The molecule has 0 aliphatic carbocycles. The maximum absolute atomic E-state index is 12.7. The zero-order valence-corrected chi connectivity index (χ0v) is 16.3. The first-order valence-corrected chi connectivity index (χ1v) is 10.9. The van der Waals surface area contributed by atoms with Gasteiger partial charge in [-0.2, -0.15) is 4.31 Å². The molecule has 0 unspecified atom stereocenters. The average molecular weight is 369 g/mol. The molecule has 1 saturated heterocycles. The molecule has 1 aliphatic heterocycles. The Bertz CT molecular complexity index is 584. The van der Waals surface area contributed by atoms with E-state index in [0.29, 0.717) is 32.1 Å². The Morgan fingerprint density at radius 1 is 1.20 bits per heavy atom. The Hall–Kier alpha value is -0.950. The second-order valence-electron chi connectivity index (χ2n) is 7.06. The second-order valence-corrected chi connectivity index (χ2v) is 9.11. The van der Waals surface area contributed by atoms with Crippen molar-refractivity contribution in [1.82, 2.24) is 9.62 Å². The fourth-order valence-electron chi connectivity index (χ4n) is 3.19. The van der Waals surface area contributed by atoms with Crippen molar-refractivity contribution in [3.63, 3.8) is 0 Å². The molecule has 1 aromatic rings. The minimum Gasteiger partial charge on any atom is -0.377 e. The van der Waals surface area contributed by atoms with E-state index in [1.165, 1.54) is 0 Å². The molecule has 142 valence electrons. The van der Waals surface area contributed by atoms with Gasteiger partial charge in [-0.3, -0.25) is 0 Å². The van der Waals surface area contributed by atoms with Gasteiger partial charge in [0.1, 0.15) is 0 Å². The SMILES string of the molecule is CC(C)N(CC1CCNCC1)S(=O)(=O)CCCOCc1ccccc1. The third-order valence-corrected chi connectivity index (χ3v) is 6.72. The van der Waals surface area contributed by atoms with Gasteiger partial charge in [0.05, 0.1) is 12.4 Å². The predicted octanol–water partition coefficient (Wildman–Crippen LogP) is 2.63. The van der Waals surface area contributed by atoms with Crippen LogP contribution in [0.25, 0.3) is 0 Å². The topological polar surface area (TPSA) is 58.6 Å². The van der Waals surface area contributed by atoms with Crippen molar-refractivity contribution in [1.29, 1.82) is 0 Å². The van der Waals surface area contributed by atoms with E-state index < -0.39 is 10.0 Å². The third kappa shape index (κ3) is 7.05. The molecule has 1 N–H and O–H groups in total. The van der Waals surface area contributed by atoms with Crippen molar-refractivity contribution in [3.05, 3.63) is 35.9 Å². The molecule has 0 spiro atoms. The lowest BCUT2D eigenvalue weighted by Crippen LogP contribution is -2.43. The van der Waals surface area contributed by atoms with Crippen molar-refractivity contribution < 1.29 is 13.2 Å². The number of sulfonamides is 1. The molecule has 0 radical (unpaired) electrons. The van der Waals surface area contributed by atoms with Gasteiger partial charge >= 0.3 is 0 Å². The molecule has 1 aliphatic rings. The molecule has 6 heteroatoms. The van der Waals surface area contributed by atoms with Crippen molar-refractivity contribution in [2.75, 3.05) is 32.0 Å². The summed E-state index contributed by atoms with van der Waals surface area (Å²) in [6.45, 7) is 7.55. The molecule has 0 amide bonds. The van der Waals surface area contributed by atoms with Crippen LogP contribution >= 0.6 is 0 Å². The van der Waals surface area contributed by atoms with E-state index in [1.54, 1.807) is 4.31 Å². The number of nitrogens with zero attached hydrogens (tertiary/aromatic N) is 1. The van der Waals surface area contributed by atoms with E-state index in [2.05, 4.69) is 5.32 Å². The van der Waals surface area contributed by atoms with Crippen LogP contribution in [-0.2, 0) is 21.4 Å². The van der Waals surface area contributed by atoms with Crippen LogP contribution in [0.3, 0.4) is 0 Å². The summed E-state index contributed by atoms with van der Waals surface area (Å²) in [6, 6.07) is 9.95. The zero-order valence-electron chi connectivity index (χ0n) is 15.5. The van der Waals surface area contributed by atoms with Crippen LogP contribution < -0.4 is 5.32 Å². The van der Waals surface area contributed by atoms with Gasteiger partial charge in [-0.05, 0) is 57.7 Å². The lowest BCUT2D eigenvalue weighted by Gasteiger charge is -2.32. The lowest BCUT2D eigenvalue weighted by molar-refractivity contribution is 0.121. The number of rotatable bonds is 10. The molecule has 0 atom stereocenters. The van der Waals surface area contributed by atoms with Crippen molar-refractivity contribution in [3.8, 4) is 0 Å². The number of nitrogens with one attached hydrogen (secondary N) is 1. The molecule has 5 nitrogen and oxygen atoms in total. The van der Waals surface area contributed by atoms with Gasteiger partial charge in [-0.15, -0.1) is 0 Å². The molecule has 25 heavy (non-hydrogen) atoms. The van der Waals surface area contributed by atoms with Gasteiger partial charge in [-0.1, -0.05) is 30.3 Å². The molecule has 0 bridgehead atoms. The minimum atomic E-state index is -3.23. The molecular weight excluding hydrogens is 336 g/mol. The van der Waals surface area contributed by atoms with Crippen molar-refractivity contribution in [2.24, 2.45) is 5.92 Å². The Labute approximate surface area is 152 Å². The summed E-state index contributed by atoms with van der Waals surface area (Å²) in [6.07, 6.45) is 2.64. The van der Waals surface area contributed by atoms with Gasteiger partial charge in [0, 0.05) is 19.2 Å². The number of hydrogen-bond acceptors (Lipinski definition) is 4. The summed E-state index contributed by atoms with van der Waals surface area (Å²) in [5.74, 6) is 0.623. The monoisotopic (exact) mass is 368 g/mol. The fourth-order valence-corrected chi connectivity index (χ4v) is 4.99. The molecule has 0 aromatic heterocycles. The van der Waals surface area contributed by atoms with Crippen molar-refractivity contribution >= 4 is 10.0 Å².